The molecule has 96 valence electrons. The van der Waals surface area contributed by atoms with Crippen LogP contribution in [0.4, 0.5) is 4.39 Å². The van der Waals surface area contributed by atoms with E-state index >= 15 is 0 Å². The van der Waals surface area contributed by atoms with Crippen LogP contribution in [-0.2, 0) is 0 Å². The summed E-state index contributed by atoms with van der Waals surface area (Å²) in [5, 5.41) is 3.48. The molecule has 4 rings (SSSR count). The maximum Gasteiger partial charge on any atom is 0.132 e. The van der Waals surface area contributed by atoms with E-state index in [1.54, 1.807) is 12.1 Å². The molecule has 0 aromatic heterocycles. The van der Waals surface area contributed by atoms with Gasteiger partial charge in [-0.2, -0.15) is 0 Å². The van der Waals surface area contributed by atoms with Crippen molar-refractivity contribution in [3.63, 3.8) is 0 Å². The van der Waals surface area contributed by atoms with Gasteiger partial charge in [-0.1, -0.05) is 18.2 Å². The van der Waals surface area contributed by atoms with E-state index in [4.69, 9.17) is 4.74 Å². The van der Waals surface area contributed by atoms with Crippen LogP contribution >= 0.6 is 0 Å². The molecule has 2 aliphatic heterocycles. The Morgan fingerprint density at radius 1 is 1.05 bits per heavy atom. The molecule has 1 N–H and O–H groups in total. The average molecular weight is 255 g/mol. The fourth-order valence-corrected chi connectivity index (χ4v) is 3.22. The fraction of sp³-hybridized carbons (Fsp3) is 0.250. The first kappa shape index (κ1) is 11.0. The second-order valence-corrected chi connectivity index (χ2v) is 5.15. The van der Waals surface area contributed by atoms with E-state index in [1.807, 2.05) is 18.2 Å². The molecular formula is C16H14FNO. The summed E-state index contributed by atoms with van der Waals surface area (Å²) in [5.41, 5.74) is 2.15. The minimum Gasteiger partial charge on any atom is -0.457 e. The molecule has 0 aliphatic carbocycles. The van der Waals surface area contributed by atoms with Gasteiger partial charge in [0, 0.05) is 17.5 Å². The van der Waals surface area contributed by atoms with Gasteiger partial charge in [0.15, 0.2) is 0 Å². The first-order valence-electron chi connectivity index (χ1n) is 6.62. The fourth-order valence-electron chi connectivity index (χ4n) is 3.22. The topological polar surface area (TPSA) is 21.3 Å². The van der Waals surface area contributed by atoms with Crippen molar-refractivity contribution in [2.75, 3.05) is 6.54 Å². The molecule has 2 nitrogen and oxygen atoms in total. The van der Waals surface area contributed by atoms with E-state index in [1.165, 1.54) is 11.6 Å². The zero-order chi connectivity index (χ0) is 12.8. The largest absolute Gasteiger partial charge is 0.457 e. The summed E-state index contributed by atoms with van der Waals surface area (Å²) in [7, 11) is 0. The highest BCUT2D eigenvalue weighted by Crippen LogP contribution is 2.48. The molecule has 0 unspecified atom stereocenters. The van der Waals surface area contributed by atoms with Crippen molar-refractivity contribution in [1.82, 2.24) is 5.32 Å². The molecule has 0 spiro atoms. The standard InChI is InChI=1S/C16H14FNO/c17-10-5-6-15-13(9-10)16-12(7-8-18-16)11-3-1-2-4-14(11)19-15/h1-6,9,12,16,18H,7-8H2/t12-,16+/m1/s1. The minimum absolute atomic E-state index is 0.148. The molecule has 0 bridgehead atoms. The van der Waals surface area contributed by atoms with Crippen LogP contribution in [0, 0.1) is 5.82 Å². The molecule has 2 aromatic carbocycles. The zero-order valence-electron chi connectivity index (χ0n) is 10.4. The lowest BCUT2D eigenvalue weighted by Crippen LogP contribution is -2.16. The van der Waals surface area contributed by atoms with Gasteiger partial charge in [0.05, 0.1) is 0 Å². The predicted molar refractivity (Wildman–Crippen MR) is 71.0 cm³/mol. The average Bonchev–Trinajstić information content (AvgIpc) is 2.86. The van der Waals surface area contributed by atoms with Crippen LogP contribution in [0.15, 0.2) is 42.5 Å². The highest BCUT2D eigenvalue weighted by atomic mass is 19.1. The van der Waals surface area contributed by atoms with Crippen molar-refractivity contribution in [3.8, 4) is 11.5 Å². The SMILES string of the molecule is Fc1ccc2c(c1)[C@H]1NCC[C@@H]1c1ccccc1O2. The number of hydrogen-bond acceptors (Lipinski definition) is 2. The number of halogens is 1. The Morgan fingerprint density at radius 3 is 2.84 bits per heavy atom. The molecular weight excluding hydrogens is 241 g/mol. The van der Waals surface area contributed by atoms with E-state index in [0.717, 1.165) is 30.0 Å². The molecule has 2 aromatic rings. The Bertz CT molecular complexity index is 640. The van der Waals surface area contributed by atoms with Crippen LogP contribution in [0.5, 0.6) is 11.5 Å². The molecule has 0 saturated carbocycles. The van der Waals surface area contributed by atoms with Crippen LogP contribution in [0.2, 0.25) is 0 Å². The molecule has 1 saturated heterocycles. The number of benzene rings is 2. The summed E-state index contributed by atoms with van der Waals surface area (Å²) in [6.07, 6.45) is 1.06. The van der Waals surface area contributed by atoms with Crippen molar-refractivity contribution in [2.24, 2.45) is 0 Å². The monoisotopic (exact) mass is 255 g/mol. The second kappa shape index (κ2) is 4.07. The number of para-hydroxylation sites is 1. The Kier molecular flexibility index (Phi) is 2.35. The second-order valence-electron chi connectivity index (χ2n) is 5.15. The Hall–Kier alpha value is -1.87. The van der Waals surface area contributed by atoms with Crippen molar-refractivity contribution in [3.05, 3.63) is 59.4 Å². The third-order valence-corrected chi connectivity index (χ3v) is 4.07. The first-order chi connectivity index (χ1) is 9.33. The smallest absolute Gasteiger partial charge is 0.132 e. The van der Waals surface area contributed by atoms with Crippen LogP contribution in [0.1, 0.15) is 29.5 Å². The van der Waals surface area contributed by atoms with Crippen LogP contribution in [0.25, 0.3) is 0 Å². The van der Waals surface area contributed by atoms with Gasteiger partial charge < -0.3 is 10.1 Å². The Labute approximate surface area is 111 Å². The number of rotatable bonds is 0. The maximum absolute atomic E-state index is 13.5. The highest BCUT2D eigenvalue weighted by molar-refractivity contribution is 5.49. The number of fused-ring (bicyclic) bond motifs is 5. The van der Waals surface area contributed by atoms with Gasteiger partial charge in [0.1, 0.15) is 17.3 Å². The lowest BCUT2D eigenvalue weighted by Gasteiger charge is -2.18. The summed E-state index contributed by atoms with van der Waals surface area (Å²) in [6, 6.07) is 13.0. The normalized spacial score (nSPS) is 23.8. The van der Waals surface area contributed by atoms with Crippen LogP contribution in [-0.4, -0.2) is 6.54 Å². The van der Waals surface area contributed by atoms with Gasteiger partial charge in [-0.05, 0) is 42.8 Å². The number of nitrogens with one attached hydrogen (secondary N) is 1. The van der Waals surface area contributed by atoms with Crippen LogP contribution < -0.4 is 10.1 Å². The van der Waals surface area contributed by atoms with E-state index < -0.39 is 0 Å². The third kappa shape index (κ3) is 1.65. The quantitative estimate of drug-likeness (QED) is 0.774. The molecule has 1 fully saturated rings. The van der Waals surface area contributed by atoms with Crippen molar-refractivity contribution in [2.45, 2.75) is 18.4 Å². The molecule has 3 heteroatoms. The van der Waals surface area contributed by atoms with Crippen LogP contribution in [0.3, 0.4) is 0 Å². The van der Waals surface area contributed by atoms with Gasteiger partial charge in [0.2, 0.25) is 0 Å². The van der Waals surface area contributed by atoms with Gasteiger partial charge in [-0.15, -0.1) is 0 Å². The number of hydrogen-bond donors (Lipinski definition) is 1. The maximum atomic E-state index is 13.5. The van der Waals surface area contributed by atoms with E-state index in [2.05, 4.69) is 11.4 Å². The lowest BCUT2D eigenvalue weighted by molar-refractivity contribution is 0.473. The Balaban J connectivity index is 1.94. The Morgan fingerprint density at radius 2 is 1.89 bits per heavy atom. The molecule has 2 atom stereocenters. The lowest BCUT2D eigenvalue weighted by atomic mass is 9.88. The molecule has 0 amide bonds. The van der Waals surface area contributed by atoms with Gasteiger partial charge in [-0.3, -0.25) is 0 Å². The van der Waals surface area contributed by atoms with E-state index in [0.29, 0.717) is 5.92 Å². The third-order valence-electron chi connectivity index (χ3n) is 4.07. The highest BCUT2D eigenvalue weighted by Gasteiger charge is 2.35. The molecule has 19 heavy (non-hydrogen) atoms. The summed E-state index contributed by atoms with van der Waals surface area (Å²) in [4.78, 5) is 0. The predicted octanol–water partition coefficient (Wildman–Crippen LogP) is 3.75. The molecule has 2 heterocycles. The molecule has 0 radical (unpaired) electrons. The van der Waals surface area contributed by atoms with Crippen molar-refractivity contribution >= 4 is 0 Å². The number of ether oxygens (including phenoxy) is 1. The van der Waals surface area contributed by atoms with E-state index in [-0.39, 0.29) is 11.9 Å². The van der Waals surface area contributed by atoms with E-state index in [9.17, 15) is 4.39 Å². The summed E-state index contributed by atoms with van der Waals surface area (Å²) in [6.45, 7) is 0.958. The van der Waals surface area contributed by atoms with Crippen molar-refractivity contribution < 1.29 is 9.13 Å². The van der Waals surface area contributed by atoms with Gasteiger partial charge in [-0.25, -0.2) is 4.39 Å². The van der Waals surface area contributed by atoms with Gasteiger partial charge >= 0.3 is 0 Å². The van der Waals surface area contributed by atoms with Gasteiger partial charge in [0.25, 0.3) is 0 Å². The van der Waals surface area contributed by atoms with Crippen molar-refractivity contribution in [1.29, 1.82) is 0 Å². The minimum atomic E-state index is -0.208. The molecule has 2 aliphatic rings. The zero-order valence-corrected chi connectivity index (χ0v) is 10.4. The summed E-state index contributed by atoms with van der Waals surface area (Å²) >= 11 is 0. The first-order valence-corrected chi connectivity index (χ1v) is 6.62. The summed E-state index contributed by atoms with van der Waals surface area (Å²) < 4.78 is 19.5. The summed E-state index contributed by atoms with van der Waals surface area (Å²) in [5.74, 6) is 1.81.